The maximum absolute atomic E-state index is 13.6. The first kappa shape index (κ1) is 56.1. The fourth-order valence-corrected chi connectivity index (χ4v) is 6.57. The maximum atomic E-state index is 13.6. The second-order valence-electron chi connectivity index (χ2n) is 14.1. The molecular formula is C38H46ClF3GdN7O13S. The number of aromatic nitrogens is 1. The molecule has 1 radical (unpaired) electrons. The molecule has 2 amide bonds. The minimum absolute atomic E-state index is 0. The second-order valence-corrected chi connectivity index (χ2v) is 16.0. The number of nitrogens with one attached hydrogen (secondary N) is 2. The number of aliphatic carboxylic acids is 3. The zero-order chi connectivity index (χ0) is 47.1. The second kappa shape index (κ2) is 26.2. The van der Waals surface area contributed by atoms with Crippen molar-refractivity contribution in [3.05, 3.63) is 64.3 Å². The molecule has 20 nitrogen and oxygen atoms in total. The number of carboxylic acids is 3. The van der Waals surface area contributed by atoms with Gasteiger partial charge in [0.1, 0.15) is 5.75 Å². The van der Waals surface area contributed by atoms with E-state index in [1.165, 1.54) is 7.11 Å². The third-order valence-corrected chi connectivity index (χ3v) is 10.4. The van der Waals surface area contributed by atoms with Crippen molar-refractivity contribution in [2.75, 3.05) is 98.7 Å². The molecule has 1 aliphatic rings. The quantitative estimate of drug-likeness (QED) is 0.0774. The van der Waals surface area contributed by atoms with Gasteiger partial charge in [0.05, 0.1) is 43.5 Å². The average Bonchev–Trinajstić information content (AvgIpc) is 3.45. The van der Waals surface area contributed by atoms with Crippen molar-refractivity contribution in [3.63, 3.8) is 0 Å². The van der Waals surface area contributed by atoms with E-state index in [9.17, 15) is 57.3 Å². The summed E-state index contributed by atoms with van der Waals surface area (Å²) in [5.41, 5.74) is -3.28. The van der Waals surface area contributed by atoms with Gasteiger partial charge in [-0.1, -0.05) is 11.6 Å². The van der Waals surface area contributed by atoms with Crippen LogP contribution in [0, 0.1) is 46.9 Å². The maximum Gasteiger partial charge on any atom is 3.00 e. The first-order chi connectivity index (χ1) is 29.5. The number of rotatable bonds is 15. The Hall–Kier alpha value is -4.05. The Balaban J connectivity index is 0.00000142. The topological polar surface area (TPSA) is 277 Å². The van der Waals surface area contributed by atoms with Crippen LogP contribution < -0.4 is 30.7 Å². The van der Waals surface area contributed by atoms with Gasteiger partial charge in [-0.05, 0) is 55.0 Å². The summed E-state index contributed by atoms with van der Waals surface area (Å²) in [5, 5.41) is 40.9. The third kappa shape index (κ3) is 18.4. The van der Waals surface area contributed by atoms with E-state index in [0.29, 0.717) is 38.5 Å². The summed E-state index contributed by atoms with van der Waals surface area (Å²) < 4.78 is 64.5. The van der Waals surface area contributed by atoms with Crippen molar-refractivity contribution in [1.82, 2.24) is 34.8 Å². The van der Waals surface area contributed by atoms with Crippen LogP contribution in [-0.4, -0.2) is 177 Å². The molecule has 0 unspecified atom stereocenters. The van der Waals surface area contributed by atoms with E-state index in [2.05, 4.69) is 10.6 Å². The van der Waals surface area contributed by atoms with Crippen LogP contribution in [0.4, 0.5) is 13.2 Å². The van der Waals surface area contributed by atoms with Gasteiger partial charge in [-0.25, -0.2) is 0 Å². The van der Waals surface area contributed by atoms with Gasteiger partial charge in [0.2, 0.25) is 11.8 Å². The number of carbonyl (C=O) groups is 6. The van der Waals surface area contributed by atoms with E-state index in [-0.39, 0.29) is 136 Å². The van der Waals surface area contributed by atoms with E-state index >= 15 is 0 Å². The summed E-state index contributed by atoms with van der Waals surface area (Å²) in [6.45, 7) is 2.34. The Morgan fingerprint density at radius 3 is 1.53 bits per heavy atom. The summed E-state index contributed by atoms with van der Waals surface area (Å²) in [4.78, 5) is 80.4. The number of amides is 2. The molecule has 1 aromatic heterocycles. The number of ether oxygens (including phenoxy) is 1. The molecule has 0 spiro atoms. The van der Waals surface area contributed by atoms with Gasteiger partial charge < -0.3 is 45.1 Å². The molecule has 0 aliphatic carbocycles. The Labute approximate surface area is 403 Å². The monoisotopic (exact) mass is 1090 g/mol. The van der Waals surface area contributed by atoms with Gasteiger partial charge in [0.25, 0.3) is 5.91 Å². The molecule has 1 fully saturated rings. The number of nitrogens with zero attached hydrogens (tertiary/aromatic N) is 5. The first-order valence-electron chi connectivity index (χ1n) is 19.0. The predicted molar refractivity (Wildman–Crippen MR) is 213 cm³/mol. The summed E-state index contributed by atoms with van der Waals surface area (Å²) in [7, 11) is -4.31. The van der Waals surface area contributed by atoms with E-state index in [0.717, 1.165) is 0 Å². The van der Waals surface area contributed by atoms with Crippen LogP contribution in [0.3, 0.4) is 0 Å². The van der Waals surface area contributed by atoms with Crippen molar-refractivity contribution >= 4 is 68.3 Å². The smallest absolute Gasteiger partial charge is 0.549 e. The Morgan fingerprint density at radius 1 is 0.734 bits per heavy atom. The van der Waals surface area contributed by atoms with Crippen molar-refractivity contribution < 1.29 is 115 Å². The van der Waals surface area contributed by atoms with Gasteiger partial charge in [-0.15, -0.1) is 0 Å². The average molecular weight is 1090 g/mol. The normalized spacial score (nSPS) is 15.0. The number of hydrogen-bond acceptors (Lipinski definition) is 16. The molecular weight excluding hydrogens is 1040 g/mol. The van der Waals surface area contributed by atoms with Crippen LogP contribution in [0.5, 0.6) is 5.75 Å². The fourth-order valence-electron chi connectivity index (χ4n) is 6.44. The number of methoxy groups -OCH3 is 1. The van der Waals surface area contributed by atoms with E-state index in [1.807, 2.05) is 0 Å². The van der Waals surface area contributed by atoms with Gasteiger partial charge in [-0.2, -0.15) is 21.6 Å². The fraction of sp³-hybridized carbons (Fsp3) is 0.474. The number of benzene rings is 2. The number of halogens is 4. The number of carboxylic acid groups (broad SMARTS) is 3. The molecule has 64 heavy (non-hydrogen) atoms. The number of fused-ring (bicyclic) bond motifs is 1. The molecule has 0 atom stereocenters. The number of alkyl halides is 3. The molecule has 0 saturated carbocycles. The van der Waals surface area contributed by atoms with Gasteiger partial charge >= 0.3 is 55.6 Å². The van der Waals surface area contributed by atoms with Crippen LogP contribution in [-0.2, 0) is 40.5 Å². The SMILES string of the molecule is COc1ccc2c(c1)c(CC(=O)NCCNC(=O)CN1CCN(CC(=O)[O-])CCN(CC(=O)[O-])CCN(CC(=O)[O-])CC1)c(C)n2C(=O)c1ccc(Cl)cc1.O=S(=O)(O)C(F)(F)F.[Gd+3]. The van der Waals surface area contributed by atoms with Crippen molar-refractivity contribution in [3.8, 4) is 5.75 Å². The molecule has 2 aromatic carbocycles. The summed E-state index contributed by atoms with van der Waals surface area (Å²) in [6.07, 6.45) is -0.0478. The van der Waals surface area contributed by atoms with Crippen molar-refractivity contribution in [2.45, 2.75) is 18.9 Å². The minimum atomic E-state index is -5.84. The van der Waals surface area contributed by atoms with E-state index in [4.69, 9.17) is 29.3 Å². The summed E-state index contributed by atoms with van der Waals surface area (Å²) in [5.74, 6) is -4.36. The van der Waals surface area contributed by atoms with Crippen LogP contribution in [0.1, 0.15) is 21.6 Å². The van der Waals surface area contributed by atoms with E-state index in [1.54, 1.807) is 73.6 Å². The predicted octanol–water partition coefficient (Wildman–Crippen LogP) is -3.06. The number of carbonyl (C=O) groups excluding carboxylic acids is 6. The van der Waals surface area contributed by atoms with Crippen LogP contribution in [0.25, 0.3) is 10.9 Å². The molecule has 3 N–H and O–H groups in total. The molecule has 4 rings (SSSR count). The minimum Gasteiger partial charge on any atom is -0.549 e. The summed E-state index contributed by atoms with van der Waals surface area (Å²) >= 11 is 6.02. The summed E-state index contributed by atoms with van der Waals surface area (Å²) in [6, 6.07) is 11.8. The first-order valence-corrected chi connectivity index (χ1v) is 20.8. The molecule has 1 aliphatic heterocycles. The molecule has 2 heterocycles. The van der Waals surface area contributed by atoms with Gasteiger partial charge in [0.15, 0.2) is 0 Å². The van der Waals surface area contributed by atoms with Gasteiger partial charge in [0, 0.05) is 107 Å². The van der Waals surface area contributed by atoms with Crippen molar-refractivity contribution in [1.29, 1.82) is 0 Å². The molecule has 3 aromatic rings. The third-order valence-electron chi connectivity index (χ3n) is 9.59. The largest absolute Gasteiger partial charge is 3.00 e. The van der Waals surface area contributed by atoms with Gasteiger partial charge in [-0.3, -0.25) is 43.1 Å². The Bertz CT molecular complexity index is 2190. The zero-order valence-corrected chi connectivity index (χ0v) is 38.3. The Kier molecular flexibility index (Phi) is 22.9. The van der Waals surface area contributed by atoms with Crippen LogP contribution in [0.2, 0.25) is 5.02 Å². The van der Waals surface area contributed by atoms with Crippen molar-refractivity contribution in [2.24, 2.45) is 0 Å². The zero-order valence-electron chi connectivity index (χ0n) is 34.5. The van der Waals surface area contributed by atoms with Crippen LogP contribution in [0.15, 0.2) is 42.5 Å². The van der Waals surface area contributed by atoms with E-state index < -0.39 is 53.2 Å². The number of hydrogen-bond donors (Lipinski definition) is 3. The standard InChI is InChI=1S/C37H48ClN7O10.CHF3O3S.Gd/c1-25-29(30-19-28(55-2)7-8-31(30)45(25)37(54)26-3-5-27(38)6-4-26)20-32(46)39-9-10-40-33(47)21-41-11-13-42(22-34(48)49)15-17-44(24-36(52)53)18-16-43(14-12-41)23-35(50)51;2-1(3,4)8(5,6)7;/h3-8,19H,9-18,20-24H2,1-2H3,(H,39,46)(H,40,47)(H,48,49)(H,50,51)(H,52,53);(H,5,6,7);/q;;+3/p-3. The van der Waals surface area contributed by atoms with Crippen LogP contribution >= 0.6 is 11.6 Å². The molecule has 0 bridgehead atoms. The molecule has 1 saturated heterocycles. The molecule has 353 valence electrons. The Morgan fingerprint density at radius 2 is 1.14 bits per heavy atom. The molecule has 26 heteroatoms.